The normalized spacial score (nSPS) is 27.8. The second kappa shape index (κ2) is 3.74. The van der Waals surface area contributed by atoms with Crippen LogP contribution in [0.1, 0.15) is 13.3 Å². The second-order valence-electron chi connectivity index (χ2n) is 3.38. The van der Waals surface area contributed by atoms with E-state index >= 15 is 0 Å². The van der Waals surface area contributed by atoms with Gasteiger partial charge in [0.15, 0.2) is 0 Å². The van der Waals surface area contributed by atoms with Crippen molar-refractivity contribution in [3.8, 4) is 0 Å². The topological polar surface area (TPSA) is 86.6 Å². The molecule has 1 saturated carbocycles. The lowest BCUT2D eigenvalue weighted by Crippen LogP contribution is -2.36. The van der Waals surface area contributed by atoms with E-state index in [4.69, 9.17) is 10.2 Å². The number of hydrogen-bond donors (Lipinski definition) is 3. The molecule has 5 nitrogen and oxygen atoms in total. The van der Waals surface area contributed by atoms with Crippen molar-refractivity contribution in [2.75, 3.05) is 6.61 Å². The van der Waals surface area contributed by atoms with Gasteiger partial charge in [-0.05, 0) is 13.3 Å². The summed E-state index contributed by atoms with van der Waals surface area (Å²) < 4.78 is 0. The van der Waals surface area contributed by atoms with Gasteiger partial charge in [0.2, 0.25) is 5.91 Å². The Morgan fingerprint density at radius 3 is 2.54 bits per heavy atom. The Kier molecular flexibility index (Phi) is 2.87. The van der Waals surface area contributed by atoms with E-state index in [1.54, 1.807) is 6.92 Å². The van der Waals surface area contributed by atoms with Crippen molar-refractivity contribution < 1.29 is 19.8 Å². The molecule has 74 valence electrons. The quantitative estimate of drug-likeness (QED) is 0.538. The summed E-state index contributed by atoms with van der Waals surface area (Å²) in [6.07, 6.45) is 0.416. The van der Waals surface area contributed by atoms with E-state index in [0.717, 1.165) is 0 Å². The van der Waals surface area contributed by atoms with Gasteiger partial charge in [0.1, 0.15) is 0 Å². The molecule has 0 aromatic carbocycles. The lowest BCUT2D eigenvalue weighted by Gasteiger charge is -2.09. The fourth-order valence-corrected chi connectivity index (χ4v) is 1.15. The number of rotatable bonds is 4. The van der Waals surface area contributed by atoms with Gasteiger partial charge in [-0.2, -0.15) is 0 Å². The van der Waals surface area contributed by atoms with Crippen LogP contribution in [0.4, 0.5) is 0 Å². The molecular formula is C8H13NO4. The molecule has 0 spiro atoms. The third-order valence-corrected chi connectivity index (χ3v) is 2.11. The molecule has 0 bridgehead atoms. The molecule has 0 aliphatic heterocycles. The molecule has 1 rings (SSSR count). The molecule has 0 aromatic heterocycles. The van der Waals surface area contributed by atoms with Gasteiger partial charge in [-0.3, -0.25) is 9.59 Å². The Hall–Kier alpha value is -1.10. The van der Waals surface area contributed by atoms with E-state index in [0.29, 0.717) is 6.42 Å². The lowest BCUT2D eigenvalue weighted by molar-refractivity contribution is -0.140. The highest BCUT2D eigenvalue weighted by Crippen LogP contribution is 2.38. The SMILES string of the molecule is CC(CO)NC(=O)[C@@H]1C[C@@H]1C(=O)O. The molecule has 3 atom stereocenters. The molecule has 1 fully saturated rings. The minimum Gasteiger partial charge on any atom is -0.481 e. The highest BCUT2D eigenvalue weighted by Gasteiger charge is 2.48. The van der Waals surface area contributed by atoms with Gasteiger partial charge in [0.25, 0.3) is 0 Å². The molecule has 1 amide bonds. The monoisotopic (exact) mass is 187 g/mol. The molecule has 0 heterocycles. The van der Waals surface area contributed by atoms with Crippen LogP contribution in [0, 0.1) is 11.8 Å². The molecule has 0 radical (unpaired) electrons. The zero-order chi connectivity index (χ0) is 10.0. The maximum atomic E-state index is 11.2. The van der Waals surface area contributed by atoms with Crippen molar-refractivity contribution in [1.82, 2.24) is 5.32 Å². The minimum absolute atomic E-state index is 0.129. The van der Waals surface area contributed by atoms with Crippen LogP contribution in [0.5, 0.6) is 0 Å². The predicted octanol–water partition coefficient (Wildman–Crippen LogP) is -0.796. The van der Waals surface area contributed by atoms with Crippen molar-refractivity contribution in [1.29, 1.82) is 0 Å². The van der Waals surface area contributed by atoms with Crippen LogP contribution in [0.2, 0.25) is 0 Å². The number of aliphatic hydroxyl groups is 1. The predicted molar refractivity (Wildman–Crippen MR) is 43.9 cm³/mol. The zero-order valence-corrected chi connectivity index (χ0v) is 7.36. The maximum Gasteiger partial charge on any atom is 0.307 e. The standard InChI is InChI=1S/C8H13NO4/c1-4(3-10)9-7(11)5-2-6(5)8(12)13/h4-6,10H,2-3H2,1H3,(H,9,11)(H,12,13)/t4?,5-,6+/m1/s1. The molecule has 3 N–H and O–H groups in total. The van der Waals surface area contributed by atoms with Gasteiger partial charge in [0.05, 0.1) is 18.4 Å². The Bertz CT molecular complexity index is 228. The summed E-state index contributed by atoms with van der Waals surface area (Å²) >= 11 is 0. The average Bonchev–Trinajstić information content (AvgIpc) is 2.82. The van der Waals surface area contributed by atoms with Gasteiger partial charge in [-0.1, -0.05) is 0 Å². The zero-order valence-electron chi connectivity index (χ0n) is 7.36. The highest BCUT2D eigenvalue weighted by molar-refractivity contribution is 5.89. The summed E-state index contributed by atoms with van der Waals surface area (Å²) in [5.74, 6) is -2.11. The Balaban J connectivity index is 2.31. The molecular weight excluding hydrogens is 174 g/mol. The van der Waals surface area contributed by atoms with Crippen LogP contribution >= 0.6 is 0 Å². The van der Waals surface area contributed by atoms with E-state index in [1.165, 1.54) is 0 Å². The average molecular weight is 187 g/mol. The summed E-state index contributed by atoms with van der Waals surface area (Å²) in [7, 11) is 0. The van der Waals surface area contributed by atoms with Gasteiger partial charge in [-0.15, -0.1) is 0 Å². The van der Waals surface area contributed by atoms with E-state index in [-0.39, 0.29) is 18.6 Å². The molecule has 1 aliphatic carbocycles. The molecule has 13 heavy (non-hydrogen) atoms. The van der Waals surface area contributed by atoms with Crippen LogP contribution in [0.3, 0.4) is 0 Å². The summed E-state index contributed by atoms with van der Waals surface area (Å²) in [5.41, 5.74) is 0. The van der Waals surface area contributed by atoms with E-state index < -0.39 is 17.8 Å². The number of carbonyl (C=O) groups is 2. The van der Waals surface area contributed by atoms with Crippen molar-refractivity contribution in [2.24, 2.45) is 11.8 Å². The first-order chi connectivity index (χ1) is 6.06. The van der Waals surface area contributed by atoms with Gasteiger partial charge >= 0.3 is 5.97 Å². The van der Waals surface area contributed by atoms with E-state index in [2.05, 4.69) is 5.32 Å². The Morgan fingerprint density at radius 1 is 1.54 bits per heavy atom. The van der Waals surface area contributed by atoms with Gasteiger partial charge in [0, 0.05) is 6.04 Å². The van der Waals surface area contributed by atoms with Crippen LogP contribution in [-0.2, 0) is 9.59 Å². The number of carboxylic acid groups (broad SMARTS) is 1. The first-order valence-corrected chi connectivity index (χ1v) is 4.20. The molecule has 0 saturated heterocycles. The number of aliphatic hydroxyl groups excluding tert-OH is 1. The fraction of sp³-hybridized carbons (Fsp3) is 0.750. The van der Waals surface area contributed by atoms with Crippen LogP contribution in [-0.4, -0.2) is 34.7 Å². The molecule has 5 heteroatoms. The Morgan fingerprint density at radius 2 is 2.15 bits per heavy atom. The first-order valence-electron chi connectivity index (χ1n) is 4.20. The van der Waals surface area contributed by atoms with Crippen LogP contribution < -0.4 is 5.32 Å². The number of nitrogens with one attached hydrogen (secondary N) is 1. The fourth-order valence-electron chi connectivity index (χ4n) is 1.15. The summed E-state index contributed by atoms with van der Waals surface area (Å²) in [4.78, 5) is 21.6. The highest BCUT2D eigenvalue weighted by atomic mass is 16.4. The van der Waals surface area contributed by atoms with E-state index in [9.17, 15) is 9.59 Å². The maximum absolute atomic E-state index is 11.2. The minimum atomic E-state index is -0.920. The molecule has 1 unspecified atom stereocenters. The molecule has 1 aliphatic rings. The number of carbonyl (C=O) groups excluding carboxylic acids is 1. The Labute approximate surface area is 75.7 Å². The number of hydrogen-bond acceptors (Lipinski definition) is 3. The van der Waals surface area contributed by atoms with Crippen molar-refractivity contribution in [3.63, 3.8) is 0 Å². The second-order valence-corrected chi connectivity index (χ2v) is 3.38. The first kappa shape index (κ1) is 9.98. The van der Waals surface area contributed by atoms with Crippen LogP contribution in [0.15, 0.2) is 0 Å². The van der Waals surface area contributed by atoms with Gasteiger partial charge in [-0.25, -0.2) is 0 Å². The lowest BCUT2D eigenvalue weighted by atomic mass is 10.2. The number of carboxylic acids is 1. The largest absolute Gasteiger partial charge is 0.481 e. The summed E-state index contributed by atoms with van der Waals surface area (Å²) in [6, 6.07) is -0.303. The third-order valence-electron chi connectivity index (χ3n) is 2.11. The van der Waals surface area contributed by atoms with Gasteiger partial charge < -0.3 is 15.5 Å². The van der Waals surface area contributed by atoms with Crippen molar-refractivity contribution >= 4 is 11.9 Å². The third kappa shape index (κ3) is 2.42. The van der Waals surface area contributed by atoms with Crippen molar-refractivity contribution in [3.05, 3.63) is 0 Å². The summed E-state index contributed by atoms with van der Waals surface area (Å²) in [6.45, 7) is 1.53. The smallest absolute Gasteiger partial charge is 0.307 e. The van der Waals surface area contributed by atoms with Crippen molar-refractivity contribution in [2.45, 2.75) is 19.4 Å². The summed E-state index contributed by atoms with van der Waals surface area (Å²) in [5, 5.41) is 19.7. The number of amides is 1. The number of aliphatic carboxylic acids is 1. The van der Waals surface area contributed by atoms with E-state index in [1.807, 2.05) is 0 Å². The molecule has 0 aromatic rings. The van der Waals surface area contributed by atoms with Crippen LogP contribution in [0.25, 0.3) is 0 Å².